The van der Waals surface area contributed by atoms with Gasteiger partial charge in [0.25, 0.3) is 0 Å². The van der Waals surface area contributed by atoms with Gasteiger partial charge in [0.2, 0.25) is 0 Å². The number of fused-ring (bicyclic) bond motifs is 1. The highest BCUT2D eigenvalue weighted by Gasteiger charge is 2.45. The van der Waals surface area contributed by atoms with E-state index in [0.717, 1.165) is 25.9 Å². The Bertz CT molecular complexity index is 435. The third-order valence-corrected chi connectivity index (χ3v) is 4.12. The molecule has 1 heterocycles. The van der Waals surface area contributed by atoms with E-state index < -0.39 is 0 Å². The first-order valence-electron chi connectivity index (χ1n) is 7.03. The zero-order valence-corrected chi connectivity index (χ0v) is 11.0. The normalized spacial score (nSPS) is 28.3. The molecule has 0 radical (unpaired) electrons. The van der Waals surface area contributed by atoms with Gasteiger partial charge in [-0.2, -0.15) is 0 Å². The molecule has 102 valence electrons. The number of carbonyl (C=O) groups is 1. The smallest absolute Gasteiger partial charge is 0.315 e. The van der Waals surface area contributed by atoms with E-state index in [4.69, 9.17) is 4.74 Å². The van der Waals surface area contributed by atoms with Crippen molar-refractivity contribution >= 4 is 6.03 Å². The Morgan fingerprint density at radius 2 is 2.16 bits per heavy atom. The SMILES string of the molecule is O=C(NCCc1ccccc1)N[C@H]1C[C@H]2OCC[C@@H]12. The molecule has 2 amide bonds. The number of hydrogen-bond donors (Lipinski definition) is 2. The lowest BCUT2D eigenvalue weighted by Crippen LogP contribution is -2.55. The van der Waals surface area contributed by atoms with Gasteiger partial charge in [-0.1, -0.05) is 30.3 Å². The monoisotopic (exact) mass is 260 g/mol. The second kappa shape index (κ2) is 5.61. The maximum absolute atomic E-state index is 11.8. The molecule has 0 spiro atoms. The summed E-state index contributed by atoms with van der Waals surface area (Å²) in [6, 6.07) is 10.4. The fraction of sp³-hybridized carbons (Fsp3) is 0.533. The number of urea groups is 1. The minimum atomic E-state index is -0.0497. The Balaban J connectivity index is 1.36. The van der Waals surface area contributed by atoms with Crippen LogP contribution in [0.1, 0.15) is 18.4 Å². The van der Waals surface area contributed by atoms with Crippen LogP contribution in [0.25, 0.3) is 0 Å². The first kappa shape index (κ1) is 12.5. The molecular formula is C15H20N2O2. The van der Waals surface area contributed by atoms with E-state index in [9.17, 15) is 4.79 Å². The van der Waals surface area contributed by atoms with Crippen LogP contribution in [0.3, 0.4) is 0 Å². The summed E-state index contributed by atoms with van der Waals surface area (Å²) < 4.78 is 5.53. The van der Waals surface area contributed by atoms with Crippen LogP contribution in [0.2, 0.25) is 0 Å². The van der Waals surface area contributed by atoms with Crippen molar-refractivity contribution in [2.45, 2.75) is 31.4 Å². The fourth-order valence-electron chi connectivity index (χ4n) is 2.95. The van der Waals surface area contributed by atoms with Crippen molar-refractivity contribution in [3.8, 4) is 0 Å². The number of benzene rings is 1. The predicted molar refractivity (Wildman–Crippen MR) is 72.9 cm³/mol. The van der Waals surface area contributed by atoms with Crippen molar-refractivity contribution in [3.05, 3.63) is 35.9 Å². The second-order valence-corrected chi connectivity index (χ2v) is 5.34. The number of amides is 2. The van der Waals surface area contributed by atoms with Gasteiger partial charge in [0.15, 0.2) is 0 Å². The minimum absolute atomic E-state index is 0.0497. The van der Waals surface area contributed by atoms with E-state index in [0.29, 0.717) is 24.6 Å². The number of hydrogen-bond acceptors (Lipinski definition) is 2. The van der Waals surface area contributed by atoms with Gasteiger partial charge in [-0.3, -0.25) is 0 Å². The Morgan fingerprint density at radius 3 is 2.95 bits per heavy atom. The molecule has 2 aliphatic rings. The predicted octanol–water partition coefficient (Wildman–Crippen LogP) is 1.71. The summed E-state index contributed by atoms with van der Waals surface area (Å²) in [6.07, 6.45) is 3.32. The zero-order valence-electron chi connectivity index (χ0n) is 11.0. The molecule has 19 heavy (non-hydrogen) atoms. The van der Waals surface area contributed by atoms with Crippen LogP contribution >= 0.6 is 0 Å². The Morgan fingerprint density at radius 1 is 1.32 bits per heavy atom. The summed E-state index contributed by atoms with van der Waals surface area (Å²) >= 11 is 0. The van der Waals surface area contributed by atoms with Crippen LogP contribution in [-0.2, 0) is 11.2 Å². The molecule has 0 aromatic heterocycles. The average molecular weight is 260 g/mol. The highest BCUT2D eigenvalue weighted by molar-refractivity contribution is 5.74. The standard InChI is InChI=1S/C15H20N2O2/c18-15(16-8-6-11-4-2-1-3-5-11)17-13-10-14-12(13)7-9-19-14/h1-5,12-14H,6-10H2,(H2,16,17,18)/t12-,13-,14+/m0/s1. The van der Waals surface area contributed by atoms with Gasteiger partial charge in [-0.05, 0) is 24.8 Å². The van der Waals surface area contributed by atoms with Gasteiger partial charge < -0.3 is 15.4 Å². The Hall–Kier alpha value is -1.55. The molecule has 1 aliphatic carbocycles. The topological polar surface area (TPSA) is 50.4 Å². The third-order valence-electron chi connectivity index (χ3n) is 4.12. The summed E-state index contributed by atoms with van der Waals surface area (Å²) in [5, 5.41) is 5.96. The zero-order chi connectivity index (χ0) is 13.1. The summed E-state index contributed by atoms with van der Waals surface area (Å²) in [6.45, 7) is 1.52. The molecule has 1 saturated carbocycles. The van der Waals surface area contributed by atoms with E-state index in [1.165, 1.54) is 5.56 Å². The Labute approximate surface area is 113 Å². The molecule has 4 nitrogen and oxygen atoms in total. The molecule has 0 unspecified atom stereocenters. The fourth-order valence-corrected chi connectivity index (χ4v) is 2.95. The minimum Gasteiger partial charge on any atom is -0.378 e. The molecule has 1 aromatic rings. The van der Waals surface area contributed by atoms with Crippen molar-refractivity contribution in [1.82, 2.24) is 10.6 Å². The maximum Gasteiger partial charge on any atom is 0.315 e. The molecule has 3 rings (SSSR count). The summed E-state index contributed by atoms with van der Waals surface area (Å²) in [7, 11) is 0. The quantitative estimate of drug-likeness (QED) is 0.866. The van der Waals surface area contributed by atoms with Crippen LogP contribution in [0.15, 0.2) is 30.3 Å². The molecule has 4 heteroatoms. The molecule has 3 atom stereocenters. The lowest BCUT2D eigenvalue weighted by atomic mass is 9.76. The largest absolute Gasteiger partial charge is 0.378 e. The van der Waals surface area contributed by atoms with E-state index in [1.807, 2.05) is 18.2 Å². The molecule has 0 bridgehead atoms. The van der Waals surface area contributed by atoms with Crippen LogP contribution in [0.5, 0.6) is 0 Å². The van der Waals surface area contributed by atoms with Gasteiger partial charge >= 0.3 is 6.03 Å². The van der Waals surface area contributed by atoms with Crippen molar-refractivity contribution in [2.75, 3.05) is 13.2 Å². The molecule has 1 aromatic carbocycles. The second-order valence-electron chi connectivity index (χ2n) is 5.34. The molecule has 2 N–H and O–H groups in total. The van der Waals surface area contributed by atoms with E-state index in [1.54, 1.807) is 0 Å². The first-order chi connectivity index (χ1) is 9.33. The van der Waals surface area contributed by atoms with Crippen molar-refractivity contribution < 1.29 is 9.53 Å². The number of rotatable bonds is 4. The van der Waals surface area contributed by atoms with Gasteiger partial charge in [0.1, 0.15) is 0 Å². The number of nitrogens with one attached hydrogen (secondary N) is 2. The first-order valence-corrected chi connectivity index (χ1v) is 7.03. The van der Waals surface area contributed by atoms with Gasteiger partial charge in [-0.15, -0.1) is 0 Å². The summed E-state index contributed by atoms with van der Waals surface area (Å²) in [5.41, 5.74) is 1.25. The van der Waals surface area contributed by atoms with Gasteiger partial charge in [-0.25, -0.2) is 4.79 Å². The molecular weight excluding hydrogens is 240 g/mol. The molecule has 2 fully saturated rings. The van der Waals surface area contributed by atoms with E-state index >= 15 is 0 Å². The third kappa shape index (κ3) is 2.89. The van der Waals surface area contributed by atoms with E-state index in [2.05, 4.69) is 22.8 Å². The average Bonchev–Trinajstić information content (AvgIpc) is 2.79. The van der Waals surface area contributed by atoms with Crippen LogP contribution in [0.4, 0.5) is 4.79 Å². The molecule has 1 saturated heterocycles. The van der Waals surface area contributed by atoms with Crippen LogP contribution in [-0.4, -0.2) is 31.3 Å². The lowest BCUT2D eigenvalue weighted by Gasteiger charge is -2.39. The van der Waals surface area contributed by atoms with Crippen LogP contribution < -0.4 is 10.6 Å². The van der Waals surface area contributed by atoms with Crippen molar-refractivity contribution in [3.63, 3.8) is 0 Å². The maximum atomic E-state index is 11.8. The highest BCUT2D eigenvalue weighted by atomic mass is 16.5. The van der Waals surface area contributed by atoms with Crippen molar-refractivity contribution in [1.29, 1.82) is 0 Å². The highest BCUT2D eigenvalue weighted by Crippen LogP contribution is 2.38. The summed E-state index contributed by atoms with van der Waals surface area (Å²) in [5.74, 6) is 0.542. The summed E-state index contributed by atoms with van der Waals surface area (Å²) in [4.78, 5) is 11.8. The van der Waals surface area contributed by atoms with Crippen molar-refractivity contribution in [2.24, 2.45) is 5.92 Å². The van der Waals surface area contributed by atoms with Gasteiger partial charge in [0.05, 0.1) is 6.10 Å². The van der Waals surface area contributed by atoms with Gasteiger partial charge in [0, 0.05) is 25.1 Å². The van der Waals surface area contributed by atoms with E-state index in [-0.39, 0.29) is 6.03 Å². The number of carbonyl (C=O) groups excluding carboxylic acids is 1. The van der Waals surface area contributed by atoms with Crippen LogP contribution in [0, 0.1) is 5.92 Å². The Kier molecular flexibility index (Phi) is 3.69. The number of ether oxygens (including phenoxy) is 1. The molecule has 1 aliphatic heterocycles. The lowest BCUT2D eigenvalue weighted by molar-refractivity contribution is 0.0109.